The van der Waals surface area contributed by atoms with Crippen molar-refractivity contribution in [3.05, 3.63) is 0 Å². The van der Waals surface area contributed by atoms with E-state index in [1.807, 2.05) is 27.7 Å². The van der Waals surface area contributed by atoms with Crippen molar-refractivity contribution in [3.63, 3.8) is 0 Å². The number of hydrogen-bond donors (Lipinski definition) is 0. The summed E-state index contributed by atoms with van der Waals surface area (Å²) < 4.78 is 4.59. The van der Waals surface area contributed by atoms with Gasteiger partial charge in [0.25, 0.3) is 26.3 Å². The standard InChI is InChI=1S/C8H16B2O3/c1-5(2)9-7(11)13-8(12)10-6(3)4/h5-6,9-10H,1-4H3. The predicted octanol–water partition coefficient (Wildman–Crippen LogP) is 1.77. The molecule has 0 aliphatic heterocycles. The quantitative estimate of drug-likeness (QED) is 0.491. The first-order valence-corrected chi connectivity index (χ1v) is 4.65. The fraction of sp³-hybridized carbons (Fsp3) is 0.750. The molecule has 0 aliphatic rings. The number of carbonyl (C=O) groups is 2. The molecule has 0 aromatic rings. The fourth-order valence-electron chi connectivity index (χ4n) is 0.877. The Labute approximate surface area is 80.7 Å². The molecule has 0 aromatic carbocycles. The average molecular weight is 182 g/mol. The summed E-state index contributed by atoms with van der Waals surface area (Å²) in [5.41, 5.74) is 0. The van der Waals surface area contributed by atoms with Gasteiger partial charge in [-0.25, -0.2) is 0 Å². The Balaban J connectivity index is 3.72. The van der Waals surface area contributed by atoms with Crippen molar-refractivity contribution in [2.75, 3.05) is 0 Å². The van der Waals surface area contributed by atoms with Gasteiger partial charge in [0.15, 0.2) is 0 Å². The first kappa shape index (κ1) is 12.3. The Morgan fingerprint density at radius 3 is 1.46 bits per heavy atom. The molecule has 3 nitrogen and oxygen atoms in total. The molecule has 0 spiro atoms. The van der Waals surface area contributed by atoms with Crippen molar-refractivity contribution in [2.24, 2.45) is 0 Å². The lowest BCUT2D eigenvalue weighted by Crippen LogP contribution is -2.22. The van der Waals surface area contributed by atoms with Gasteiger partial charge in [-0.2, -0.15) is 0 Å². The number of ether oxygens (including phenoxy) is 1. The molecule has 0 rings (SSSR count). The molecule has 0 amide bonds. The van der Waals surface area contributed by atoms with Crippen LogP contribution in [-0.2, 0) is 4.74 Å². The molecule has 0 unspecified atom stereocenters. The zero-order valence-electron chi connectivity index (χ0n) is 8.79. The van der Waals surface area contributed by atoms with Gasteiger partial charge in [0.1, 0.15) is 0 Å². The molecule has 0 radical (unpaired) electrons. The Morgan fingerprint density at radius 2 is 1.23 bits per heavy atom. The van der Waals surface area contributed by atoms with Crippen molar-refractivity contribution in [1.29, 1.82) is 0 Å². The van der Waals surface area contributed by atoms with Crippen LogP contribution in [0, 0.1) is 0 Å². The summed E-state index contributed by atoms with van der Waals surface area (Å²) in [6, 6.07) is 0. The highest BCUT2D eigenvalue weighted by atomic mass is 16.6. The first-order chi connectivity index (χ1) is 5.91. The molecule has 0 aliphatic carbocycles. The van der Waals surface area contributed by atoms with Crippen LogP contribution in [0.1, 0.15) is 27.7 Å². The molecule has 0 bridgehead atoms. The van der Waals surface area contributed by atoms with Crippen LogP contribution in [0.2, 0.25) is 11.6 Å². The second kappa shape index (κ2) is 5.84. The molecule has 0 saturated heterocycles. The lowest BCUT2D eigenvalue weighted by Gasteiger charge is -2.04. The van der Waals surface area contributed by atoms with E-state index in [9.17, 15) is 9.59 Å². The molecule has 0 atom stereocenters. The summed E-state index contributed by atoms with van der Waals surface area (Å²) in [7, 11) is 0.619. The number of carbonyl (C=O) groups excluding carboxylic acids is 2. The third-order valence-electron chi connectivity index (χ3n) is 1.38. The zero-order chi connectivity index (χ0) is 10.4. The fourth-order valence-corrected chi connectivity index (χ4v) is 0.877. The molecule has 0 N–H and O–H groups in total. The second-order valence-electron chi connectivity index (χ2n) is 4.04. The predicted molar refractivity (Wildman–Crippen MR) is 56.4 cm³/mol. The van der Waals surface area contributed by atoms with Crippen LogP contribution >= 0.6 is 0 Å². The lowest BCUT2D eigenvalue weighted by molar-refractivity contribution is 0.183. The van der Waals surface area contributed by atoms with Gasteiger partial charge in [0.05, 0.1) is 0 Å². The van der Waals surface area contributed by atoms with E-state index >= 15 is 0 Å². The Morgan fingerprint density at radius 1 is 0.923 bits per heavy atom. The van der Waals surface area contributed by atoms with E-state index < -0.39 is 11.7 Å². The van der Waals surface area contributed by atoms with E-state index in [2.05, 4.69) is 4.74 Å². The molecule has 0 fully saturated rings. The maximum absolute atomic E-state index is 11.0. The van der Waals surface area contributed by atoms with Gasteiger partial charge in [-0.1, -0.05) is 39.3 Å². The Bertz CT molecular complexity index is 170. The minimum atomic E-state index is -0.416. The van der Waals surface area contributed by atoms with Crippen molar-refractivity contribution in [2.45, 2.75) is 39.3 Å². The normalized spacial score (nSPS) is 10.0. The van der Waals surface area contributed by atoms with Gasteiger partial charge < -0.3 is 4.74 Å². The summed E-state index contributed by atoms with van der Waals surface area (Å²) in [5.74, 6) is -0.361. The topological polar surface area (TPSA) is 43.4 Å². The van der Waals surface area contributed by atoms with Crippen molar-refractivity contribution < 1.29 is 14.3 Å². The molecule has 13 heavy (non-hydrogen) atoms. The van der Waals surface area contributed by atoms with E-state index in [-0.39, 0.29) is 11.6 Å². The maximum Gasteiger partial charge on any atom is 0.263 e. The van der Waals surface area contributed by atoms with E-state index in [0.29, 0.717) is 14.6 Å². The van der Waals surface area contributed by atoms with Crippen molar-refractivity contribution in [1.82, 2.24) is 0 Å². The third-order valence-corrected chi connectivity index (χ3v) is 1.38. The van der Waals surface area contributed by atoms with Crippen LogP contribution in [-0.4, -0.2) is 26.3 Å². The van der Waals surface area contributed by atoms with Gasteiger partial charge in [-0.3, -0.25) is 9.59 Å². The minimum Gasteiger partial charge on any atom is -0.411 e. The summed E-state index contributed by atoms with van der Waals surface area (Å²) in [6.45, 7) is 7.64. The zero-order valence-corrected chi connectivity index (χ0v) is 8.79. The van der Waals surface area contributed by atoms with Crippen molar-refractivity contribution >= 4 is 26.3 Å². The van der Waals surface area contributed by atoms with Gasteiger partial charge in [0.2, 0.25) is 0 Å². The van der Waals surface area contributed by atoms with E-state index in [1.165, 1.54) is 0 Å². The minimum absolute atomic E-state index is 0.236. The largest absolute Gasteiger partial charge is 0.411 e. The van der Waals surface area contributed by atoms with Gasteiger partial charge in [0, 0.05) is 0 Å². The van der Waals surface area contributed by atoms with Crippen LogP contribution in [0.25, 0.3) is 0 Å². The van der Waals surface area contributed by atoms with Gasteiger partial charge in [-0.05, 0) is 0 Å². The second-order valence-corrected chi connectivity index (χ2v) is 4.04. The van der Waals surface area contributed by atoms with Crippen molar-refractivity contribution in [3.8, 4) is 0 Å². The number of rotatable bonds is 4. The SMILES string of the molecule is CC(C)BC(=O)OC(=O)BC(C)C. The summed E-state index contributed by atoms with van der Waals surface area (Å²) in [6.07, 6.45) is 0. The van der Waals surface area contributed by atoms with Crippen LogP contribution in [0.15, 0.2) is 0 Å². The Kier molecular flexibility index (Phi) is 5.51. The highest BCUT2D eigenvalue weighted by Gasteiger charge is 2.15. The average Bonchev–Trinajstić information content (AvgIpc) is 1.80. The van der Waals surface area contributed by atoms with Gasteiger partial charge in [-0.15, -0.1) is 0 Å². The van der Waals surface area contributed by atoms with Crippen LogP contribution in [0.3, 0.4) is 0 Å². The summed E-state index contributed by atoms with van der Waals surface area (Å²) in [5, 5.41) is 0. The van der Waals surface area contributed by atoms with Crippen LogP contribution < -0.4 is 0 Å². The highest BCUT2D eigenvalue weighted by molar-refractivity contribution is 6.78. The number of hydrogen-bond acceptors (Lipinski definition) is 3. The smallest absolute Gasteiger partial charge is 0.263 e. The molecular formula is C8H16B2O3. The van der Waals surface area contributed by atoms with E-state index in [1.54, 1.807) is 0 Å². The first-order valence-electron chi connectivity index (χ1n) is 4.65. The van der Waals surface area contributed by atoms with Crippen LogP contribution in [0.4, 0.5) is 9.59 Å². The molecule has 0 heterocycles. The van der Waals surface area contributed by atoms with Gasteiger partial charge >= 0.3 is 0 Å². The lowest BCUT2D eigenvalue weighted by atomic mass is 9.65. The maximum atomic E-state index is 11.0. The Hall–Kier alpha value is -0.730. The molecule has 0 aromatic heterocycles. The highest BCUT2D eigenvalue weighted by Crippen LogP contribution is 2.02. The van der Waals surface area contributed by atoms with Crippen LogP contribution in [0.5, 0.6) is 0 Å². The molecular weight excluding hydrogens is 166 g/mol. The van der Waals surface area contributed by atoms with E-state index in [4.69, 9.17) is 0 Å². The molecule has 72 valence electrons. The summed E-state index contributed by atoms with van der Waals surface area (Å²) in [4.78, 5) is 22.0. The third kappa shape index (κ3) is 7.62. The molecule has 0 saturated carbocycles. The van der Waals surface area contributed by atoms with E-state index in [0.717, 1.165) is 0 Å². The monoisotopic (exact) mass is 182 g/mol. The summed E-state index contributed by atoms with van der Waals surface area (Å²) >= 11 is 0. The molecule has 5 heteroatoms.